The SMILES string of the molecule is O=C(NCCc1cnn(-c2ccccc2)c1)c1nn(-c2ccc(F)c(F)c2)c2c1CCC2. The van der Waals surface area contributed by atoms with Gasteiger partial charge < -0.3 is 5.32 Å². The van der Waals surface area contributed by atoms with Crippen molar-refractivity contribution in [1.82, 2.24) is 24.9 Å². The molecule has 0 unspecified atom stereocenters. The molecular formula is C24H21F2N5O. The molecule has 5 rings (SSSR count). The van der Waals surface area contributed by atoms with Gasteiger partial charge in [-0.25, -0.2) is 18.1 Å². The van der Waals surface area contributed by atoms with Gasteiger partial charge in [-0.05, 0) is 55.5 Å². The van der Waals surface area contributed by atoms with E-state index in [1.165, 1.54) is 6.07 Å². The number of para-hydroxylation sites is 1. The molecule has 1 N–H and O–H groups in total. The van der Waals surface area contributed by atoms with Crippen LogP contribution in [-0.2, 0) is 19.3 Å². The maximum atomic E-state index is 13.7. The molecule has 8 heteroatoms. The zero-order valence-corrected chi connectivity index (χ0v) is 17.3. The van der Waals surface area contributed by atoms with Crippen molar-refractivity contribution in [3.63, 3.8) is 0 Å². The van der Waals surface area contributed by atoms with Crippen molar-refractivity contribution in [2.45, 2.75) is 25.7 Å². The third-order valence-corrected chi connectivity index (χ3v) is 5.65. The summed E-state index contributed by atoms with van der Waals surface area (Å²) in [5.41, 5.74) is 4.50. The van der Waals surface area contributed by atoms with Gasteiger partial charge in [0.2, 0.25) is 0 Å². The number of nitrogens with zero attached hydrogens (tertiary/aromatic N) is 4. The highest BCUT2D eigenvalue weighted by atomic mass is 19.2. The Bertz CT molecular complexity index is 1280. The van der Waals surface area contributed by atoms with E-state index in [0.717, 1.165) is 53.9 Å². The molecule has 0 fully saturated rings. The number of halogens is 2. The van der Waals surface area contributed by atoms with E-state index >= 15 is 0 Å². The van der Waals surface area contributed by atoms with Gasteiger partial charge in [-0.1, -0.05) is 18.2 Å². The molecule has 4 aromatic rings. The number of aromatic nitrogens is 4. The lowest BCUT2D eigenvalue weighted by atomic mass is 10.2. The predicted molar refractivity (Wildman–Crippen MR) is 115 cm³/mol. The summed E-state index contributed by atoms with van der Waals surface area (Å²) in [5.74, 6) is -2.11. The third-order valence-electron chi connectivity index (χ3n) is 5.65. The number of amides is 1. The van der Waals surface area contributed by atoms with Gasteiger partial charge in [0.25, 0.3) is 5.91 Å². The lowest BCUT2D eigenvalue weighted by Gasteiger charge is -2.06. The number of carbonyl (C=O) groups is 1. The van der Waals surface area contributed by atoms with Crippen molar-refractivity contribution in [2.75, 3.05) is 6.54 Å². The Morgan fingerprint density at radius 2 is 1.88 bits per heavy atom. The predicted octanol–water partition coefficient (Wildman–Crippen LogP) is 3.80. The highest BCUT2D eigenvalue weighted by Crippen LogP contribution is 2.28. The minimum atomic E-state index is -0.938. The lowest BCUT2D eigenvalue weighted by molar-refractivity contribution is 0.0948. The van der Waals surface area contributed by atoms with E-state index in [9.17, 15) is 13.6 Å². The van der Waals surface area contributed by atoms with Crippen molar-refractivity contribution >= 4 is 5.91 Å². The van der Waals surface area contributed by atoms with Gasteiger partial charge in [-0.2, -0.15) is 10.2 Å². The molecule has 1 amide bonds. The largest absolute Gasteiger partial charge is 0.350 e. The Kier molecular flexibility index (Phi) is 5.26. The van der Waals surface area contributed by atoms with Crippen molar-refractivity contribution < 1.29 is 13.6 Å². The lowest BCUT2D eigenvalue weighted by Crippen LogP contribution is -2.27. The van der Waals surface area contributed by atoms with Gasteiger partial charge >= 0.3 is 0 Å². The highest BCUT2D eigenvalue weighted by Gasteiger charge is 2.27. The summed E-state index contributed by atoms with van der Waals surface area (Å²) in [7, 11) is 0. The van der Waals surface area contributed by atoms with Crippen molar-refractivity contribution in [3.8, 4) is 11.4 Å². The van der Waals surface area contributed by atoms with Crippen molar-refractivity contribution in [3.05, 3.63) is 95.1 Å². The monoisotopic (exact) mass is 433 g/mol. The third kappa shape index (κ3) is 3.79. The molecule has 32 heavy (non-hydrogen) atoms. The Hall–Kier alpha value is -3.81. The molecule has 1 aliphatic carbocycles. The number of rotatable bonds is 6. The molecule has 0 saturated heterocycles. The van der Waals surface area contributed by atoms with Gasteiger partial charge in [-0.3, -0.25) is 4.79 Å². The molecule has 0 bridgehead atoms. The van der Waals surface area contributed by atoms with E-state index in [1.54, 1.807) is 15.6 Å². The maximum Gasteiger partial charge on any atom is 0.272 e. The molecule has 6 nitrogen and oxygen atoms in total. The molecule has 162 valence electrons. The molecule has 0 spiro atoms. The van der Waals surface area contributed by atoms with E-state index in [4.69, 9.17) is 0 Å². The summed E-state index contributed by atoms with van der Waals surface area (Å²) < 4.78 is 30.4. The van der Waals surface area contributed by atoms with E-state index in [1.807, 2.05) is 36.5 Å². The fourth-order valence-corrected chi connectivity index (χ4v) is 4.07. The Labute approximate surface area is 183 Å². The van der Waals surface area contributed by atoms with Gasteiger partial charge in [0, 0.05) is 30.1 Å². The van der Waals surface area contributed by atoms with Crippen LogP contribution < -0.4 is 5.32 Å². The van der Waals surface area contributed by atoms with Crippen LogP contribution >= 0.6 is 0 Å². The van der Waals surface area contributed by atoms with Gasteiger partial charge in [0.05, 0.1) is 17.6 Å². The summed E-state index contributed by atoms with van der Waals surface area (Å²) in [6.45, 7) is 0.437. The normalized spacial score (nSPS) is 12.7. The van der Waals surface area contributed by atoms with Crippen LogP contribution in [0.1, 0.15) is 33.7 Å². The number of carbonyl (C=O) groups excluding carboxylic acids is 1. The van der Waals surface area contributed by atoms with Gasteiger partial charge in [-0.15, -0.1) is 0 Å². The Morgan fingerprint density at radius 3 is 2.69 bits per heavy atom. The molecule has 0 aliphatic heterocycles. The second-order valence-electron chi connectivity index (χ2n) is 7.77. The van der Waals surface area contributed by atoms with E-state index in [2.05, 4.69) is 15.5 Å². The first-order valence-electron chi connectivity index (χ1n) is 10.5. The van der Waals surface area contributed by atoms with E-state index in [0.29, 0.717) is 24.3 Å². The first-order valence-corrected chi connectivity index (χ1v) is 10.5. The molecule has 0 saturated carbocycles. The van der Waals surface area contributed by atoms with Crippen LogP contribution in [0, 0.1) is 11.6 Å². The summed E-state index contributed by atoms with van der Waals surface area (Å²) in [6.07, 6.45) is 6.74. The second-order valence-corrected chi connectivity index (χ2v) is 7.77. The first kappa shape index (κ1) is 20.1. The van der Waals surface area contributed by atoms with E-state index < -0.39 is 11.6 Å². The average molecular weight is 433 g/mol. The van der Waals surface area contributed by atoms with E-state index in [-0.39, 0.29) is 5.91 Å². The van der Waals surface area contributed by atoms with Crippen molar-refractivity contribution in [2.24, 2.45) is 0 Å². The number of benzene rings is 2. The molecule has 1 aliphatic rings. The quantitative estimate of drug-likeness (QED) is 0.503. The summed E-state index contributed by atoms with van der Waals surface area (Å²) >= 11 is 0. The summed E-state index contributed by atoms with van der Waals surface area (Å²) in [5, 5.41) is 11.7. The van der Waals surface area contributed by atoms with Gasteiger partial charge in [0.1, 0.15) is 0 Å². The Morgan fingerprint density at radius 1 is 1.03 bits per heavy atom. The molecule has 0 radical (unpaired) electrons. The maximum absolute atomic E-state index is 13.7. The minimum Gasteiger partial charge on any atom is -0.350 e. The van der Waals surface area contributed by atoms with Crippen molar-refractivity contribution in [1.29, 1.82) is 0 Å². The summed E-state index contributed by atoms with van der Waals surface area (Å²) in [4.78, 5) is 12.8. The molecule has 0 atom stereocenters. The fraction of sp³-hybridized carbons (Fsp3) is 0.208. The number of nitrogens with one attached hydrogen (secondary N) is 1. The van der Waals surface area contributed by atoms with Crippen LogP contribution in [0.2, 0.25) is 0 Å². The number of hydrogen-bond acceptors (Lipinski definition) is 3. The smallest absolute Gasteiger partial charge is 0.272 e. The molecular weight excluding hydrogens is 412 g/mol. The zero-order chi connectivity index (χ0) is 22.1. The van der Waals surface area contributed by atoms with Crippen LogP contribution in [0.25, 0.3) is 11.4 Å². The Balaban J connectivity index is 1.28. The molecule has 2 heterocycles. The molecule has 2 aromatic carbocycles. The highest BCUT2D eigenvalue weighted by molar-refractivity contribution is 5.94. The van der Waals surface area contributed by atoms with Crippen LogP contribution in [0.4, 0.5) is 8.78 Å². The minimum absolute atomic E-state index is 0.264. The van der Waals surface area contributed by atoms with Crippen LogP contribution in [0.5, 0.6) is 0 Å². The number of hydrogen-bond donors (Lipinski definition) is 1. The van der Waals surface area contributed by atoms with Crippen LogP contribution in [0.15, 0.2) is 60.9 Å². The van der Waals surface area contributed by atoms with Crippen LogP contribution in [-0.4, -0.2) is 32.0 Å². The second kappa shape index (κ2) is 8.37. The average Bonchev–Trinajstić information content (AvgIpc) is 3.53. The first-order chi connectivity index (χ1) is 15.6. The zero-order valence-electron chi connectivity index (χ0n) is 17.3. The summed E-state index contributed by atoms with van der Waals surface area (Å²) in [6, 6.07) is 13.5. The number of fused-ring (bicyclic) bond motifs is 1. The molecule has 2 aromatic heterocycles. The standard InChI is InChI=1S/C24H21F2N5O/c25-20-10-9-18(13-21(20)26)31-22-8-4-7-19(22)23(29-31)24(32)27-12-11-16-14-28-30(15-16)17-5-2-1-3-6-17/h1-3,5-6,9-10,13-15H,4,7-8,11-12H2,(H,27,32). The van der Waals surface area contributed by atoms with Crippen LogP contribution in [0.3, 0.4) is 0 Å². The van der Waals surface area contributed by atoms with Gasteiger partial charge in [0.15, 0.2) is 17.3 Å². The fourth-order valence-electron chi connectivity index (χ4n) is 4.07. The topological polar surface area (TPSA) is 64.7 Å².